The van der Waals surface area contributed by atoms with Gasteiger partial charge in [-0.25, -0.2) is 0 Å². The Kier molecular flexibility index (Phi) is 8.08. The molecule has 1 rings (SSSR count). The molecule has 0 atom stereocenters. The number of ether oxygens (including phenoxy) is 2. The predicted molar refractivity (Wildman–Crippen MR) is 78.6 cm³/mol. The summed E-state index contributed by atoms with van der Waals surface area (Å²) in [6.45, 7) is 0.734. The van der Waals surface area contributed by atoms with Crippen LogP contribution in [-0.2, 0) is 25.5 Å². The highest BCUT2D eigenvalue weighted by Crippen LogP contribution is 1.98. The number of nitrogens with one attached hydrogen (secondary N) is 1. The van der Waals surface area contributed by atoms with Crippen LogP contribution >= 0.6 is 0 Å². The van der Waals surface area contributed by atoms with Crippen LogP contribution in [0.3, 0.4) is 0 Å². The van der Waals surface area contributed by atoms with E-state index in [2.05, 4.69) is 5.32 Å². The van der Waals surface area contributed by atoms with Crippen molar-refractivity contribution in [3.8, 4) is 0 Å². The van der Waals surface area contributed by atoms with Gasteiger partial charge in [0.25, 0.3) is 0 Å². The van der Waals surface area contributed by atoms with Gasteiger partial charge < -0.3 is 19.7 Å². The summed E-state index contributed by atoms with van der Waals surface area (Å²) in [5.74, 6) is -0.205. The number of amides is 2. The van der Waals surface area contributed by atoms with E-state index in [1.165, 1.54) is 19.1 Å². The number of carbonyl (C=O) groups is 2. The predicted octanol–water partition coefficient (Wildman–Crippen LogP) is 0.423. The van der Waals surface area contributed by atoms with Crippen LogP contribution in [0, 0.1) is 0 Å². The van der Waals surface area contributed by atoms with Crippen molar-refractivity contribution in [1.82, 2.24) is 10.2 Å². The topological polar surface area (TPSA) is 67.9 Å². The van der Waals surface area contributed by atoms with Crippen molar-refractivity contribution in [2.45, 2.75) is 12.7 Å². The van der Waals surface area contributed by atoms with E-state index in [1.54, 1.807) is 0 Å². The zero-order valence-corrected chi connectivity index (χ0v) is 12.5. The van der Waals surface area contributed by atoms with Gasteiger partial charge >= 0.3 is 0 Å². The minimum absolute atomic E-state index is 0.0124. The molecular formula is C15H22N2O4. The summed E-state index contributed by atoms with van der Waals surface area (Å²) >= 11 is 0. The average molecular weight is 294 g/mol. The lowest BCUT2D eigenvalue weighted by Gasteiger charge is -2.21. The van der Waals surface area contributed by atoms with Crippen molar-refractivity contribution in [1.29, 1.82) is 0 Å². The van der Waals surface area contributed by atoms with Crippen molar-refractivity contribution < 1.29 is 19.1 Å². The third kappa shape index (κ3) is 6.87. The van der Waals surface area contributed by atoms with Gasteiger partial charge in [0, 0.05) is 20.8 Å². The number of carbonyl (C=O) groups excluding carboxylic acids is 2. The Labute approximate surface area is 125 Å². The average Bonchev–Trinajstić information content (AvgIpc) is 2.52. The molecule has 0 unspecified atom stereocenters. The van der Waals surface area contributed by atoms with Crippen molar-refractivity contribution in [2.24, 2.45) is 0 Å². The van der Waals surface area contributed by atoms with Crippen molar-refractivity contribution in [3.05, 3.63) is 35.9 Å². The number of nitrogens with zero attached hydrogens (tertiary/aromatic N) is 1. The van der Waals surface area contributed by atoms with Crippen molar-refractivity contribution in [3.63, 3.8) is 0 Å². The second-order valence-electron chi connectivity index (χ2n) is 4.52. The second kappa shape index (κ2) is 9.90. The van der Waals surface area contributed by atoms with Crippen LogP contribution in [0.15, 0.2) is 30.3 Å². The van der Waals surface area contributed by atoms with E-state index in [0.29, 0.717) is 13.0 Å². The van der Waals surface area contributed by atoms with E-state index < -0.39 is 6.29 Å². The smallest absolute Gasteiger partial charge is 0.239 e. The summed E-state index contributed by atoms with van der Waals surface area (Å²) < 4.78 is 10.00. The quantitative estimate of drug-likeness (QED) is 0.502. The second-order valence-corrected chi connectivity index (χ2v) is 4.52. The van der Waals surface area contributed by atoms with E-state index >= 15 is 0 Å². The fraction of sp³-hybridized carbons (Fsp3) is 0.467. The molecule has 0 aliphatic heterocycles. The lowest BCUT2D eigenvalue weighted by molar-refractivity contribution is -0.140. The van der Waals surface area contributed by atoms with Gasteiger partial charge in [-0.05, 0) is 12.0 Å². The van der Waals surface area contributed by atoms with Crippen LogP contribution in [0.4, 0.5) is 0 Å². The van der Waals surface area contributed by atoms with Crippen molar-refractivity contribution >= 4 is 12.3 Å². The molecule has 0 heterocycles. The Hall–Kier alpha value is -1.92. The minimum Gasteiger partial charge on any atom is -0.354 e. The number of rotatable bonds is 10. The maximum Gasteiger partial charge on any atom is 0.239 e. The molecule has 0 spiro atoms. The fourth-order valence-electron chi connectivity index (χ4n) is 1.81. The first-order valence-corrected chi connectivity index (χ1v) is 6.75. The van der Waals surface area contributed by atoms with Crippen LogP contribution < -0.4 is 5.32 Å². The van der Waals surface area contributed by atoms with E-state index in [9.17, 15) is 9.59 Å². The SMILES string of the molecule is COC(CN(C=O)CC(=O)NCCc1ccccc1)OC. The highest BCUT2D eigenvalue weighted by atomic mass is 16.7. The van der Waals surface area contributed by atoms with E-state index in [1.807, 2.05) is 30.3 Å². The molecule has 0 bridgehead atoms. The molecular weight excluding hydrogens is 272 g/mol. The summed E-state index contributed by atoms with van der Waals surface area (Å²) in [7, 11) is 2.97. The normalized spacial score (nSPS) is 10.4. The lowest BCUT2D eigenvalue weighted by Crippen LogP contribution is -2.41. The third-order valence-corrected chi connectivity index (χ3v) is 2.98. The summed E-state index contributed by atoms with van der Waals surface area (Å²) in [4.78, 5) is 24.0. The highest BCUT2D eigenvalue weighted by Gasteiger charge is 2.14. The Morgan fingerprint density at radius 2 is 1.95 bits per heavy atom. The first-order chi connectivity index (χ1) is 10.2. The van der Waals surface area contributed by atoms with E-state index in [0.717, 1.165) is 12.0 Å². The third-order valence-electron chi connectivity index (χ3n) is 2.98. The number of hydrogen-bond acceptors (Lipinski definition) is 4. The van der Waals surface area contributed by atoms with Crippen LogP contribution in [0.25, 0.3) is 0 Å². The number of hydrogen-bond donors (Lipinski definition) is 1. The molecule has 21 heavy (non-hydrogen) atoms. The maximum atomic E-state index is 11.8. The summed E-state index contributed by atoms with van der Waals surface area (Å²) in [6, 6.07) is 9.88. The van der Waals surface area contributed by atoms with Gasteiger partial charge in [0.15, 0.2) is 6.29 Å². The molecule has 0 aliphatic carbocycles. The van der Waals surface area contributed by atoms with Gasteiger partial charge in [-0.15, -0.1) is 0 Å². The molecule has 6 nitrogen and oxygen atoms in total. The Morgan fingerprint density at radius 3 is 2.52 bits per heavy atom. The zero-order chi connectivity index (χ0) is 15.5. The molecule has 1 N–H and O–H groups in total. The number of methoxy groups -OCH3 is 2. The van der Waals surface area contributed by atoms with Crippen LogP contribution in [0.1, 0.15) is 5.56 Å². The van der Waals surface area contributed by atoms with Crippen LogP contribution in [0.2, 0.25) is 0 Å². The Bertz CT molecular complexity index is 421. The molecule has 0 saturated heterocycles. The molecule has 0 aromatic heterocycles. The van der Waals surface area contributed by atoms with Gasteiger partial charge in [-0.3, -0.25) is 9.59 Å². The van der Waals surface area contributed by atoms with Gasteiger partial charge in [0.05, 0.1) is 13.1 Å². The maximum absolute atomic E-state index is 11.8. The van der Waals surface area contributed by atoms with Crippen LogP contribution in [0.5, 0.6) is 0 Å². The van der Waals surface area contributed by atoms with Gasteiger partial charge in [0.1, 0.15) is 0 Å². The molecule has 0 fully saturated rings. The molecule has 1 aromatic rings. The zero-order valence-electron chi connectivity index (χ0n) is 12.5. The largest absolute Gasteiger partial charge is 0.354 e. The van der Waals surface area contributed by atoms with E-state index in [-0.39, 0.29) is 19.0 Å². The first kappa shape index (κ1) is 17.1. The molecule has 0 radical (unpaired) electrons. The van der Waals surface area contributed by atoms with Gasteiger partial charge in [0.2, 0.25) is 12.3 Å². The molecule has 2 amide bonds. The van der Waals surface area contributed by atoms with Crippen molar-refractivity contribution in [2.75, 3.05) is 33.9 Å². The Balaban J connectivity index is 2.29. The molecule has 116 valence electrons. The first-order valence-electron chi connectivity index (χ1n) is 6.75. The summed E-state index contributed by atoms with van der Waals surface area (Å²) in [6.07, 6.45) is 0.834. The molecule has 0 aliphatic rings. The molecule has 1 aromatic carbocycles. The summed E-state index contributed by atoms with van der Waals surface area (Å²) in [5, 5.41) is 2.78. The molecule has 0 saturated carbocycles. The lowest BCUT2D eigenvalue weighted by atomic mass is 10.1. The monoisotopic (exact) mass is 294 g/mol. The Morgan fingerprint density at radius 1 is 1.29 bits per heavy atom. The van der Waals surface area contributed by atoms with Gasteiger partial charge in [-0.2, -0.15) is 0 Å². The van der Waals surface area contributed by atoms with Gasteiger partial charge in [-0.1, -0.05) is 30.3 Å². The number of benzene rings is 1. The highest BCUT2D eigenvalue weighted by molar-refractivity contribution is 5.79. The fourth-order valence-corrected chi connectivity index (χ4v) is 1.81. The standard InChI is InChI=1S/C15H22N2O4/c1-20-15(21-2)11-17(12-18)10-14(19)16-9-8-13-6-4-3-5-7-13/h3-7,12,15H,8-11H2,1-2H3,(H,16,19). The molecule has 6 heteroatoms. The van der Waals surface area contributed by atoms with Crippen LogP contribution in [-0.4, -0.2) is 57.4 Å². The minimum atomic E-state index is -0.535. The summed E-state index contributed by atoms with van der Waals surface area (Å²) in [5.41, 5.74) is 1.16. The van der Waals surface area contributed by atoms with E-state index in [4.69, 9.17) is 9.47 Å².